The zero-order valence-corrected chi connectivity index (χ0v) is 14.8. The van der Waals surface area contributed by atoms with Crippen LogP contribution < -0.4 is 10.9 Å². The van der Waals surface area contributed by atoms with E-state index in [-0.39, 0.29) is 29.3 Å². The van der Waals surface area contributed by atoms with Gasteiger partial charge >= 0.3 is 0 Å². The molecule has 0 bridgehead atoms. The summed E-state index contributed by atoms with van der Waals surface area (Å²) in [5.41, 5.74) is 0.625. The summed E-state index contributed by atoms with van der Waals surface area (Å²) in [6.07, 6.45) is 0.825. The Labute approximate surface area is 140 Å². The molecule has 2 aromatic rings. The molecule has 1 amide bonds. The van der Waals surface area contributed by atoms with Crippen molar-refractivity contribution in [2.45, 2.75) is 51.4 Å². The molecule has 0 spiro atoms. The summed E-state index contributed by atoms with van der Waals surface area (Å²) >= 11 is 1.31. The van der Waals surface area contributed by atoms with Gasteiger partial charge in [0.25, 0.3) is 5.56 Å². The summed E-state index contributed by atoms with van der Waals surface area (Å²) in [5.74, 6) is 0.197. The van der Waals surface area contributed by atoms with E-state index in [4.69, 9.17) is 0 Å². The van der Waals surface area contributed by atoms with E-state index in [0.29, 0.717) is 16.1 Å². The first-order valence-corrected chi connectivity index (χ1v) is 8.86. The van der Waals surface area contributed by atoms with Crippen LogP contribution in [-0.4, -0.2) is 27.3 Å². The number of rotatable bonds is 6. The van der Waals surface area contributed by atoms with Gasteiger partial charge in [0, 0.05) is 12.1 Å². The molecule has 2 rings (SSSR count). The van der Waals surface area contributed by atoms with E-state index in [1.807, 2.05) is 45.9 Å². The number of para-hydroxylation sites is 1. The van der Waals surface area contributed by atoms with Gasteiger partial charge < -0.3 is 5.32 Å². The van der Waals surface area contributed by atoms with Crippen molar-refractivity contribution < 1.29 is 4.79 Å². The fourth-order valence-corrected chi connectivity index (χ4v) is 3.20. The van der Waals surface area contributed by atoms with Crippen molar-refractivity contribution in [1.29, 1.82) is 0 Å². The zero-order chi connectivity index (χ0) is 17.0. The Hall–Kier alpha value is -1.82. The van der Waals surface area contributed by atoms with E-state index in [1.54, 1.807) is 10.6 Å². The fourth-order valence-electron chi connectivity index (χ4n) is 2.29. The molecule has 0 aliphatic carbocycles. The van der Waals surface area contributed by atoms with Gasteiger partial charge in [-0.25, -0.2) is 4.98 Å². The maximum atomic E-state index is 12.8. The Morgan fingerprint density at radius 1 is 1.30 bits per heavy atom. The van der Waals surface area contributed by atoms with Gasteiger partial charge in [-0.15, -0.1) is 0 Å². The minimum atomic E-state index is -0.0527. The number of fused-ring (bicyclic) bond motifs is 1. The monoisotopic (exact) mass is 333 g/mol. The zero-order valence-electron chi connectivity index (χ0n) is 14.0. The number of nitrogens with one attached hydrogen (secondary N) is 1. The van der Waals surface area contributed by atoms with Gasteiger partial charge in [-0.05, 0) is 39.3 Å². The number of amides is 1. The van der Waals surface area contributed by atoms with Gasteiger partial charge in [0.1, 0.15) is 0 Å². The second-order valence-electron chi connectivity index (χ2n) is 5.85. The minimum Gasteiger partial charge on any atom is -0.353 e. The summed E-state index contributed by atoms with van der Waals surface area (Å²) in [6.45, 7) is 7.88. The first kappa shape index (κ1) is 17.5. The van der Waals surface area contributed by atoms with Gasteiger partial charge in [0.05, 0.1) is 16.7 Å². The van der Waals surface area contributed by atoms with Gasteiger partial charge in [-0.2, -0.15) is 0 Å². The van der Waals surface area contributed by atoms with Crippen molar-refractivity contribution in [2.75, 3.05) is 5.75 Å². The number of carbonyl (C=O) groups is 1. The molecule has 0 saturated carbocycles. The van der Waals surface area contributed by atoms with Crippen LogP contribution in [0.4, 0.5) is 0 Å². The average Bonchev–Trinajstić information content (AvgIpc) is 2.52. The number of hydrogen-bond donors (Lipinski definition) is 1. The van der Waals surface area contributed by atoms with E-state index < -0.39 is 0 Å². The van der Waals surface area contributed by atoms with E-state index in [1.165, 1.54) is 11.8 Å². The van der Waals surface area contributed by atoms with Gasteiger partial charge in [-0.1, -0.05) is 30.8 Å². The summed E-state index contributed by atoms with van der Waals surface area (Å²) in [5, 5.41) is 4.07. The highest BCUT2D eigenvalue weighted by Gasteiger charge is 2.16. The Morgan fingerprint density at radius 2 is 2.00 bits per heavy atom. The van der Waals surface area contributed by atoms with E-state index in [0.717, 1.165) is 6.42 Å². The predicted molar refractivity (Wildman–Crippen MR) is 95.0 cm³/mol. The predicted octanol–water partition coefficient (Wildman–Crippen LogP) is 2.98. The third-order valence-electron chi connectivity index (χ3n) is 3.59. The minimum absolute atomic E-state index is 0.0373. The third-order valence-corrected chi connectivity index (χ3v) is 4.54. The molecular formula is C17H23N3O2S. The Morgan fingerprint density at radius 3 is 2.65 bits per heavy atom. The fraction of sp³-hybridized carbons (Fsp3) is 0.471. The van der Waals surface area contributed by atoms with Gasteiger partial charge in [0.2, 0.25) is 5.91 Å². The highest BCUT2D eigenvalue weighted by molar-refractivity contribution is 7.99. The van der Waals surface area contributed by atoms with E-state index in [9.17, 15) is 9.59 Å². The Kier molecular flexibility index (Phi) is 5.82. The lowest BCUT2D eigenvalue weighted by molar-refractivity contribution is -0.119. The Bertz CT molecular complexity index is 755. The molecule has 1 N–H and O–H groups in total. The van der Waals surface area contributed by atoms with Crippen molar-refractivity contribution in [3.05, 3.63) is 34.6 Å². The molecule has 0 unspecified atom stereocenters. The van der Waals surface area contributed by atoms with Crippen LogP contribution in [0.2, 0.25) is 0 Å². The smallest absolute Gasteiger partial charge is 0.262 e. The summed E-state index contributed by atoms with van der Waals surface area (Å²) in [6, 6.07) is 7.47. The Balaban J connectivity index is 2.40. The van der Waals surface area contributed by atoms with Crippen molar-refractivity contribution in [2.24, 2.45) is 0 Å². The highest BCUT2D eigenvalue weighted by atomic mass is 32.2. The number of carbonyl (C=O) groups excluding carboxylic acids is 1. The first-order chi connectivity index (χ1) is 10.9. The average molecular weight is 333 g/mol. The van der Waals surface area contributed by atoms with Crippen LogP contribution in [-0.2, 0) is 4.79 Å². The molecule has 0 aliphatic rings. The van der Waals surface area contributed by atoms with Gasteiger partial charge in [0.15, 0.2) is 5.16 Å². The molecule has 6 heteroatoms. The molecule has 1 heterocycles. The summed E-state index contributed by atoms with van der Waals surface area (Å²) in [4.78, 5) is 29.3. The van der Waals surface area contributed by atoms with Crippen LogP contribution in [0.25, 0.3) is 10.9 Å². The molecule has 0 fully saturated rings. The molecular weight excluding hydrogens is 310 g/mol. The lowest BCUT2D eigenvalue weighted by Gasteiger charge is -2.18. The number of hydrogen-bond acceptors (Lipinski definition) is 4. The van der Waals surface area contributed by atoms with Crippen LogP contribution in [0.5, 0.6) is 0 Å². The maximum absolute atomic E-state index is 12.8. The largest absolute Gasteiger partial charge is 0.353 e. The van der Waals surface area contributed by atoms with Crippen molar-refractivity contribution >= 4 is 28.6 Å². The van der Waals surface area contributed by atoms with Crippen molar-refractivity contribution in [3.8, 4) is 0 Å². The normalized spacial score (nSPS) is 12.6. The quantitative estimate of drug-likeness (QED) is 0.652. The number of aromatic nitrogens is 2. The van der Waals surface area contributed by atoms with Crippen molar-refractivity contribution in [3.63, 3.8) is 0 Å². The van der Waals surface area contributed by atoms with Gasteiger partial charge in [-0.3, -0.25) is 14.2 Å². The molecule has 1 atom stereocenters. The second kappa shape index (κ2) is 7.64. The lowest BCUT2D eigenvalue weighted by atomic mass is 10.2. The first-order valence-electron chi connectivity index (χ1n) is 7.87. The topological polar surface area (TPSA) is 64.0 Å². The highest BCUT2D eigenvalue weighted by Crippen LogP contribution is 2.22. The van der Waals surface area contributed by atoms with Crippen LogP contribution in [0, 0.1) is 0 Å². The summed E-state index contributed by atoms with van der Waals surface area (Å²) < 4.78 is 1.70. The van der Waals surface area contributed by atoms with E-state index in [2.05, 4.69) is 10.3 Å². The molecule has 1 aromatic carbocycles. The standard InChI is InChI=1S/C17H23N3O2S/c1-5-12(4)20-16(22)13-8-6-7-9-14(13)19-17(20)23-10-15(21)18-11(2)3/h6-9,11-12H,5,10H2,1-4H3,(H,18,21)/t12-/m0/s1. The molecule has 124 valence electrons. The number of thioether (sulfide) groups is 1. The number of benzene rings is 1. The second-order valence-corrected chi connectivity index (χ2v) is 6.80. The molecule has 5 nitrogen and oxygen atoms in total. The third kappa shape index (κ3) is 4.13. The molecule has 0 radical (unpaired) electrons. The SMILES string of the molecule is CC[C@H](C)n1c(SCC(=O)NC(C)C)nc2ccccc2c1=O. The molecule has 1 aromatic heterocycles. The van der Waals surface area contributed by atoms with Crippen LogP contribution in [0.1, 0.15) is 40.2 Å². The summed E-state index contributed by atoms with van der Waals surface area (Å²) in [7, 11) is 0. The molecule has 0 saturated heterocycles. The number of nitrogens with zero attached hydrogens (tertiary/aromatic N) is 2. The lowest BCUT2D eigenvalue weighted by Crippen LogP contribution is -2.32. The van der Waals surface area contributed by atoms with Crippen LogP contribution >= 0.6 is 11.8 Å². The van der Waals surface area contributed by atoms with Crippen molar-refractivity contribution in [1.82, 2.24) is 14.9 Å². The van der Waals surface area contributed by atoms with E-state index >= 15 is 0 Å². The van der Waals surface area contributed by atoms with Crippen LogP contribution in [0.15, 0.2) is 34.2 Å². The maximum Gasteiger partial charge on any atom is 0.262 e. The van der Waals surface area contributed by atoms with Crippen LogP contribution in [0.3, 0.4) is 0 Å². The molecule has 23 heavy (non-hydrogen) atoms. The molecule has 0 aliphatic heterocycles.